The van der Waals surface area contributed by atoms with Crippen molar-refractivity contribution in [2.24, 2.45) is 0 Å². The van der Waals surface area contributed by atoms with Crippen molar-refractivity contribution in [1.29, 1.82) is 0 Å². The molecule has 3 aliphatic rings. The predicted molar refractivity (Wildman–Crippen MR) is 139 cm³/mol. The number of fused-ring (bicyclic) bond motifs is 3. The molecule has 0 aromatic rings. The molecule has 2 bridgehead atoms. The second-order valence-corrected chi connectivity index (χ2v) is 70.9. The Balaban J connectivity index is 3.26. The highest BCUT2D eigenvalue weighted by molar-refractivity contribution is 7.80. The Kier molecular flexibility index (Phi) is 4.54. The molecule has 0 radical (unpaired) electrons. The van der Waals surface area contributed by atoms with Crippen LogP contribution in [-0.4, -0.2) is 53.6 Å². The number of rotatable bonds is 1. The van der Waals surface area contributed by atoms with E-state index in [0.717, 1.165) is 8.19 Å². The van der Waals surface area contributed by atoms with Crippen LogP contribution in [0.5, 0.6) is 0 Å². The lowest BCUT2D eigenvalue weighted by Gasteiger charge is -2.91. The van der Waals surface area contributed by atoms with Gasteiger partial charge in [0.25, 0.3) is 0 Å². The van der Waals surface area contributed by atoms with Crippen LogP contribution in [0.1, 0.15) is 6.92 Å². The minimum atomic E-state index is -1.31. The summed E-state index contributed by atoms with van der Waals surface area (Å²) in [5.41, 5.74) is 0. The van der Waals surface area contributed by atoms with Gasteiger partial charge in [-0.15, -0.1) is 0 Å². The molecular formula is C18H48Si7. The highest BCUT2D eigenvalue weighted by Crippen LogP contribution is 2.81. The van der Waals surface area contributed by atoms with Gasteiger partial charge in [-0.25, -0.2) is 0 Å². The standard InChI is InChI=1S/C18H48Si7/c1-17-20(5,6)23(11,12)18(19(2,3)4,24(13,14)21(17,7)8)25(15,16)22(17,9)10/h1-16H3. The lowest BCUT2D eigenvalue weighted by molar-refractivity contribution is 0.991. The Hall–Kier alpha value is 1.52. The quantitative estimate of drug-likeness (QED) is 0.368. The van der Waals surface area contributed by atoms with Crippen LogP contribution in [-0.2, 0) is 0 Å². The summed E-state index contributed by atoms with van der Waals surface area (Å²) >= 11 is 0. The van der Waals surface area contributed by atoms with Crippen molar-refractivity contribution >= 4 is 53.6 Å². The summed E-state index contributed by atoms with van der Waals surface area (Å²) in [5.74, 6) is 0. The van der Waals surface area contributed by atoms with Crippen molar-refractivity contribution < 1.29 is 0 Å². The van der Waals surface area contributed by atoms with Crippen molar-refractivity contribution in [3.05, 3.63) is 0 Å². The zero-order chi connectivity index (χ0) is 20.5. The molecule has 0 saturated carbocycles. The molecule has 0 aromatic carbocycles. The van der Waals surface area contributed by atoms with Gasteiger partial charge in [-0.05, 0) is 0 Å². The molecule has 25 heavy (non-hydrogen) atoms. The Morgan fingerprint density at radius 3 is 0.800 bits per heavy atom. The Morgan fingerprint density at radius 2 is 0.640 bits per heavy atom. The van der Waals surface area contributed by atoms with Crippen LogP contribution < -0.4 is 0 Å². The largest absolute Gasteiger partial charge is 0.0715 e. The van der Waals surface area contributed by atoms with Gasteiger partial charge in [0.1, 0.15) is 0 Å². The highest BCUT2D eigenvalue weighted by Gasteiger charge is 2.92. The molecular weight excluding hydrogens is 413 g/mol. The van der Waals surface area contributed by atoms with Crippen LogP contribution in [0, 0.1) is 0 Å². The maximum Gasteiger partial charge on any atom is 0.0419 e. The maximum atomic E-state index is 2.95. The minimum absolute atomic E-state index is 0.843. The molecule has 0 aliphatic carbocycles. The molecule has 0 N–H and O–H groups in total. The van der Waals surface area contributed by atoms with Crippen LogP contribution in [0.4, 0.5) is 0 Å². The molecule has 3 fully saturated rings. The average molecular weight is 461 g/mol. The third-order valence-corrected chi connectivity index (χ3v) is 119. The summed E-state index contributed by atoms with van der Waals surface area (Å²) in [6, 6.07) is 0. The van der Waals surface area contributed by atoms with Crippen LogP contribution in [0.3, 0.4) is 0 Å². The van der Waals surface area contributed by atoms with Crippen LogP contribution >= 0.6 is 0 Å². The van der Waals surface area contributed by atoms with Crippen molar-refractivity contribution in [2.75, 3.05) is 0 Å². The van der Waals surface area contributed by atoms with Gasteiger partial charge in [0.2, 0.25) is 0 Å². The fourth-order valence-corrected chi connectivity index (χ4v) is 190. The van der Waals surface area contributed by atoms with E-state index in [4.69, 9.17) is 0 Å². The molecule has 0 spiro atoms. The van der Waals surface area contributed by atoms with Gasteiger partial charge in [-0.2, -0.15) is 0 Å². The summed E-state index contributed by atoms with van der Waals surface area (Å²) in [6.07, 6.45) is 0. The van der Waals surface area contributed by atoms with E-state index in [-0.39, 0.29) is 0 Å². The van der Waals surface area contributed by atoms with Gasteiger partial charge in [0.15, 0.2) is 0 Å². The van der Waals surface area contributed by atoms with Crippen LogP contribution in [0.2, 0.25) is 106 Å². The van der Waals surface area contributed by atoms with Gasteiger partial charge in [-0.1, -0.05) is 113 Å². The van der Waals surface area contributed by atoms with Crippen molar-refractivity contribution in [2.45, 2.75) is 113 Å². The highest BCUT2D eigenvalue weighted by atomic mass is 29.4. The molecule has 0 amide bonds. The molecule has 3 rings (SSSR count). The van der Waals surface area contributed by atoms with Gasteiger partial charge in [0.05, 0.1) is 0 Å². The lowest BCUT2D eigenvalue weighted by Crippen LogP contribution is -3.05. The Morgan fingerprint density at radius 1 is 0.440 bits per heavy atom. The maximum absolute atomic E-state index is 2.95. The third kappa shape index (κ3) is 1.69. The Labute approximate surface area is 166 Å². The number of hydrogen-bond donors (Lipinski definition) is 0. The molecule has 3 aliphatic heterocycles. The molecule has 3 heterocycles. The minimum Gasteiger partial charge on any atom is -0.0715 e. The first-order valence-electron chi connectivity index (χ1n) is 10.5. The van der Waals surface area contributed by atoms with E-state index in [0.29, 0.717) is 0 Å². The van der Waals surface area contributed by atoms with Crippen molar-refractivity contribution in [3.8, 4) is 0 Å². The molecule has 7 heteroatoms. The van der Waals surface area contributed by atoms with E-state index in [9.17, 15) is 0 Å². The summed E-state index contributed by atoms with van der Waals surface area (Å²) in [6.45, 7) is 46.7. The van der Waals surface area contributed by atoms with Crippen molar-refractivity contribution in [1.82, 2.24) is 0 Å². The zero-order valence-corrected chi connectivity index (χ0v) is 27.5. The van der Waals surface area contributed by atoms with E-state index >= 15 is 0 Å². The number of hydrogen-bond acceptors (Lipinski definition) is 0. The summed E-state index contributed by atoms with van der Waals surface area (Å²) in [7, 11) is -9.08. The van der Waals surface area contributed by atoms with Gasteiger partial charge in [-0.3, -0.25) is 0 Å². The average Bonchev–Trinajstić information content (AvgIpc) is 2.31. The summed E-state index contributed by atoms with van der Waals surface area (Å²) in [4.78, 5) is 0. The topological polar surface area (TPSA) is 0 Å². The van der Waals surface area contributed by atoms with E-state index in [1.165, 1.54) is 0 Å². The Bertz CT molecular complexity index is 533. The second kappa shape index (κ2) is 4.98. The van der Waals surface area contributed by atoms with E-state index in [1.807, 2.05) is 0 Å². The fourth-order valence-electron chi connectivity index (χ4n) is 10.8. The molecule has 0 nitrogen and oxygen atoms in total. The van der Waals surface area contributed by atoms with E-state index < -0.39 is 53.6 Å². The first-order valence-corrected chi connectivity index (χ1v) is 35.0. The first-order chi connectivity index (χ1) is 10.5. The second-order valence-electron chi connectivity index (χ2n) is 13.9. The van der Waals surface area contributed by atoms with E-state index in [2.05, 4.69) is 105 Å². The molecule has 0 unspecified atom stereocenters. The molecule has 148 valence electrons. The van der Waals surface area contributed by atoms with Gasteiger partial charge >= 0.3 is 0 Å². The molecule has 0 atom stereocenters. The zero-order valence-electron chi connectivity index (χ0n) is 20.5. The summed E-state index contributed by atoms with van der Waals surface area (Å²) < 4.78 is 1.77. The monoisotopic (exact) mass is 460 g/mol. The van der Waals surface area contributed by atoms with E-state index in [1.54, 1.807) is 0 Å². The SMILES string of the molecule is CC12[Si](C)(C)[Si](C)(C)C([Si](C)(C)C)([Si](C)(C)[Si]1(C)C)[Si](C)(C)[Si]2(C)C. The first kappa shape index (κ1) is 22.8. The third-order valence-electron chi connectivity index (χ3n) is 12.4. The molecule has 0 aromatic heterocycles. The van der Waals surface area contributed by atoms with Crippen molar-refractivity contribution in [3.63, 3.8) is 0 Å². The normalized spacial score (nSPS) is 42.2. The fraction of sp³-hybridized carbons (Fsp3) is 1.00. The predicted octanol–water partition coefficient (Wildman–Crippen LogP) is 7.03. The summed E-state index contributed by atoms with van der Waals surface area (Å²) in [5, 5.41) is 0. The van der Waals surface area contributed by atoms with Crippen LogP contribution in [0.15, 0.2) is 0 Å². The van der Waals surface area contributed by atoms with Gasteiger partial charge < -0.3 is 0 Å². The molecule has 3 saturated heterocycles. The lowest BCUT2D eigenvalue weighted by atomic mass is 10.9. The van der Waals surface area contributed by atoms with Crippen LogP contribution in [0.25, 0.3) is 0 Å². The smallest absolute Gasteiger partial charge is 0.0419 e. The van der Waals surface area contributed by atoms with Gasteiger partial charge in [0, 0.05) is 53.6 Å².